The second-order valence-electron chi connectivity index (χ2n) is 5.31. The van der Waals surface area contributed by atoms with E-state index < -0.39 is 0 Å². The third-order valence-corrected chi connectivity index (χ3v) is 3.60. The molecule has 1 N–H and O–H groups in total. The summed E-state index contributed by atoms with van der Waals surface area (Å²) >= 11 is 12.0. The summed E-state index contributed by atoms with van der Waals surface area (Å²) in [6, 6.07) is 11.8. The molecule has 0 saturated heterocycles. The molecule has 21 heavy (non-hydrogen) atoms. The van der Waals surface area contributed by atoms with E-state index in [0.29, 0.717) is 21.8 Å². The summed E-state index contributed by atoms with van der Waals surface area (Å²) in [5.41, 5.74) is 2.31. The van der Waals surface area contributed by atoms with E-state index in [2.05, 4.69) is 31.3 Å². The highest BCUT2D eigenvalue weighted by atomic mass is 35.5. The van der Waals surface area contributed by atoms with Gasteiger partial charge in [0, 0.05) is 17.6 Å². The van der Waals surface area contributed by atoms with Gasteiger partial charge in [-0.2, -0.15) is 0 Å². The van der Waals surface area contributed by atoms with Gasteiger partial charge in [0.05, 0.1) is 5.02 Å². The molecule has 0 aliphatic carbocycles. The highest BCUT2D eigenvalue weighted by molar-refractivity contribution is 6.35. The first-order valence-corrected chi connectivity index (χ1v) is 7.67. The van der Waals surface area contributed by atoms with Gasteiger partial charge in [0.1, 0.15) is 11.5 Å². The molecule has 2 nitrogen and oxygen atoms in total. The summed E-state index contributed by atoms with van der Waals surface area (Å²) in [7, 11) is 0. The molecule has 2 rings (SSSR count). The van der Waals surface area contributed by atoms with E-state index in [1.165, 1.54) is 5.56 Å². The molecule has 112 valence electrons. The van der Waals surface area contributed by atoms with Gasteiger partial charge in [0.15, 0.2) is 0 Å². The highest BCUT2D eigenvalue weighted by Gasteiger charge is 2.07. The van der Waals surface area contributed by atoms with Crippen molar-refractivity contribution in [2.24, 2.45) is 0 Å². The lowest BCUT2D eigenvalue weighted by Crippen LogP contribution is -2.21. The van der Waals surface area contributed by atoms with Crippen molar-refractivity contribution in [2.45, 2.75) is 33.4 Å². The Hall–Kier alpha value is -1.22. The van der Waals surface area contributed by atoms with Crippen molar-refractivity contribution in [1.82, 2.24) is 5.32 Å². The Morgan fingerprint density at radius 3 is 2.38 bits per heavy atom. The topological polar surface area (TPSA) is 21.3 Å². The summed E-state index contributed by atoms with van der Waals surface area (Å²) in [6.07, 6.45) is 0. The molecule has 0 aliphatic heterocycles. The zero-order valence-corrected chi connectivity index (χ0v) is 13.9. The molecule has 0 aliphatic rings. The Morgan fingerprint density at radius 2 is 1.76 bits per heavy atom. The van der Waals surface area contributed by atoms with E-state index >= 15 is 0 Å². The number of rotatable bonds is 5. The second-order valence-corrected chi connectivity index (χ2v) is 6.16. The quantitative estimate of drug-likeness (QED) is 0.774. The number of hydrogen-bond donors (Lipinski definition) is 1. The van der Waals surface area contributed by atoms with Crippen LogP contribution in [0.2, 0.25) is 10.0 Å². The van der Waals surface area contributed by atoms with Crippen molar-refractivity contribution < 1.29 is 4.74 Å². The zero-order chi connectivity index (χ0) is 15.4. The van der Waals surface area contributed by atoms with Gasteiger partial charge >= 0.3 is 0 Å². The Labute approximate surface area is 136 Å². The van der Waals surface area contributed by atoms with Crippen molar-refractivity contribution in [3.05, 3.63) is 57.6 Å². The molecule has 0 unspecified atom stereocenters. The number of aryl methyl sites for hydroxylation is 1. The molecule has 0 saturated carbocycles. The van der Waals surface area contributed by atoms with Crippen LogP contribution in [0.25, 0.3) is 0 Å². The molecule has 0 aromatic heterocycles. The van der Waals surface area contributed by atoms with Crippen LogP contribution < -0.4 is 10.1 Å². The van der Waals surface area contributed by atoms with Crippen molar-refractivity contribution in [3.63, 3.8) is 0 Å². The van der Waals surface area contributed by atoms with Crippen LogP contribution in [-0.2, 0) is 6.54 Å². The van der Waals surface area contributed by atoms with E-state index in [-0.39, 0.29) is 0 Å². The molecule has 0 amide bonds. The number of nitrogens with one attached hydrogen (secondary N) is 1. The lowest BCUT2D eigenvalue weighted by molar-refractivity contribution is 0.478. The van der Waals surface area contributed by atoms with Crippen LogP contribution in [0.1, 0.15) is 25.0 Å². The maximum Gasteiger partial charge on any atom is 0.146 e. The first-order chi connectivity index (χ1) is 9.95. The van der Waals surface area contributed by atoms with Crippen molar-refractivity contribution >= 4 is 23.2 Å². The zero-order valence-electron chi connectivity index (χ0n) is 12.4. The van der Waals surface area contributed by atoms with Crippen LogP contribution in [-0.4, -0.2) is 6.04 Å². The lowest BCUT2D eigenvalue weighted by atomic mass is 10.1. The molecule has 0 atom stereocenters. The van der Waals surface area contributed by atoms with Crippen LogP contribution in [0.15, 0.2) is 36.4 Å². The predicted molar refractivity (Wildman–Crippen MR) is 89.7 cm³/mol. The van der Waals surface area contributed by atoms with Gasteiger partial charge in [-0.05, 0) is 42.3 Å². The molecule has 2 aromatic rings. The van der Waals surface area contributed by atoms with E-state index in [0.717, 1.165) is 17.9 Å². The number of hydrogen-bond acceptors (Lipinski definition) is 2. The molecular formula is C17H19Cl2NO. The Kier molecular flexibility index (Phi) is 5.51. The van der Waals surface area contributed by atoms with E-state index in [1.807, 2.05) is 13.0 Å². The lowest BCUT2D eigenvalue weighted by Gasteiger charge is -2.13. The minimum Gasteiger partial charge on any atom is -0.456 e. The molecule has 0 spiro atoms. The summed E-state index contributed by atoms with van der Waals surface area (Å²) in [5, 5.41) is 4.50. The van der Waals surface area contributed by atoms with Crippen LogP contribution in [0, 0.1) is 6.92 Å². The highest BCUT2D eigenvalue weighted by Crippen LogP contribution is 2.33. The summed E-state index contributed by atoms with van der Waals surface area (Å²) in [4.78, 5) is 0. The average molecular weight is 324 g/mol. The van der Waals surface area contributed by atoms with Crippen molar-refractivity contribution in [1.29, 1.82) is 0 Å². The van der Waals surface area contributed by atoms with Gasteiger partial charge in [0.25, 0.3) is 0 Å². The van der Waals surface area contributed by atoms with Gasteiger partial charge < -0.3 is 10.1 Å². The van der Waals surface area contributed by atoms with Crippen LogP contribution in [0.3, 0.4) is 0 Å². The van der Waals surface area contributed by atoms with Crippen LogP contribution in [0.5, 0.6) is 11.5 Å². The van der Waals surface area contributed by atoms with Gasteiger partial charge in [-0.25, -0.2) is 0 Å². The SMILES string of the molecule is Cc1cc(CNC(C)C)ccc1Oc1ccc(Cl)cc1Cl. The van der Waals surface area contributed by atoms with Gasteiger partial charge in [-0.3, -0.25) is 0 Å². The minimum atomic E-state index is 0.467. The Bertz CT molecular complexity index is 626. The van der Waals surface area contributed by atoms with Gasteiger partial charge in [-0.1, -0.05) is 49.2 Å². The fourth-order valence-electron chi connectivity index (χ4n) is 1.93. The standard InChI is InChI=1S/C17H19Cl2NO/c1-11(2)20-10-13-4-6-16(12(3)8-13)21-17-7-5-14(18)9-15(17)19/h4-9,11,20H,10H2,1-3H3. The normalized spacial score (nSPS) is 11.0. The Morgan fingerprint density at radius 1 is 1.05 bits per heavy atom. The molecule has 2 aromatic carbocycles. The van der Waals surface area contributed by atoms with Crippen LogP contribution >= 0.6 is 23.2 Å². The number of ether oxygens (including phenoxy) is 1. The third-order valence-electron chi connectivity index (χ3n) is 3.07. The minimum absolute atomic E-state index is 0.467. The van der Waals surface area contributed by atoms with Gasteiger partial charge in [0.2, 0.25) is 0 Å². The largest absolute Gasteiger partial charge is 0.456 e. The molecular weight excluding hydrogens is 305 g/mol. The monoisotopic (exact) mass is 323 g/mol. The van der Waals surface area contributed by atoms with Crippen molar-refractivity contribution in [3.8, 4) is 11.5 Å². The van der Waals surface area contributed by atoms with Crippen molar-refractivity contribution in [2.75, 3.05) is 0 Å². The van der Waals surface area contributed by atoms with Gasteiger partial charge in [-0.15, -0.1) is 0 Å². The molecule has 0 radical (unpaired) electrons. The first-order valence-electron chi connectivity index (χ1n) is 6.91. The first kappa shape index (κ1) is 16.2. The van der Waals surface area contributed by atoms with E-state index in [9.17, 15) is 0 Å². The van der Waals surface area contributed by atoms with E-state index in [1.54, 1.807) is 18.2 Å². The molecule has 0 heterocycles. The number of halogens is 2. The summed E-state index contributed by atoms with van der Waals surface area (Å²) < 4.78 is 5.86. The fraction of sp³-hybridized carbons (Fsp3) is 0.294. The maximum absolute atomic E-state index is 6.13. The smallest absolute Gasteiger partial charge is 0.146 e. The maximum atomic E-state index is 6.13. The second kappa shape index (κ2) is 7.17. The fourth-order valence-corrected chi connectivity index (χ4v) is 2.38. The number of benzene rings is 2. The average Bonchev–Trinajstić information content (AvgIpc) is 2.42. The predicted octanol–water partition coefficient (Wildman–Crippen LogP) is 5.59. The third kappa shape index (κ3) is 4.63. The summed E-state index contributed by atoms with van der Waals surface area (Å²) in [6.45, 7) is 7.14. The van der Waals surface area contributed by atoms with E-state index in [4.69, 9.17) is 27.9 Å². The molecule has 4 heteroatoms. The molecule has 0 fully saturated rings. The summed E-state index contributed by atoms with van der Waals surface area (Å²) in [5.74, 6) is 1.41. The molecule has 0 bridgehead atoms. The van der Waals surface area contributed by atoms with Crippen LogP contribution in [0.4, 0.5) is 0 Å². The Balaban J connectivity index is 2.13.